The van der Waals surface area contributed by atoms with Gasteiger partial charge in [0.25, 0.3) is 11.6 Å². The van der Waals surface area contributed by atoms with Crippen molar-refractivity contribution in [1.29, 1.82) is 0 Å². The van der Waals surface area contributed by atoms with Crippen LogP contribution in [-0.4, -0.2) is 60.2 Å². The first-order valence-electron chi connectivity index (χ1n) is 7.70. The van der Waals surface area contributed by atoms with Crippen LogP contribution >= 0.6 is 12.2 Å². The van der Waals surface area contributed by atoms with Gasteiger partial charge in [-0.15, -0.1) is 0 Å². The maximum Gasteiger partial charge on any atom is 0.282 e. The highest BCUT2D eigenvalue weighted by Crippen LogP contribution is 2.17. The number of hydrogen-bond acceptors (Lipinski definition) is 6. The van der Waals surface area contributed by atoms with E-state index in [-0.39, 0.29) is 16.4 Å². The summed E-state index contributed by atoms with van der Waals surface area (Å²) in [5.41, 5.74) is -0.259. The topological polar surface area (TPSA) is 96.7 Å². The maximum atomic E-state index is 12.1. The van der Waals surface area contributed by atoms with E-state index in [1.165, 1.54) is 18.2 Å². The number of carbonyl (C=O) groups is 1. The lowest BCUT2D eigenvalue weighted by Crippen LogP contribution is -2.41. The van der Waals surface area contributed by atoms with Crippen molar-refractivity contribution < 1.29 is 14.5 Å². The van der Waals surface area contributed by atoms with Crippen molar-refractivity contribution in [3.05, 3.63) is 39.9 Å². The molecule has 2 N–H and O–H groups in total. The second-order valence-electron chi connectivity index (χ2n) is 5.29. The van der Waals surface area contributed by atoms with Crippen molar-refractivity contribution >= 4 is 28.9 Å². The number of hydrogen-bond donors (Lipinski definition) is 2. The fourth-order valence-corrected chi connectivity index (χ4v) is 2.56. The minimum Gasteiger partial charge on any atom is -0.379 e. The monoisotopic (exact) mass is 352 g/mol. The van der Waals surface area contributed by atoms with E-state index >= 15 is 0 Å². The van der Waals surface area contributed by atoms with E-state index in [1.54, 1.807) is 6.07 Å². The Morgan fingerprint density at radius 1 is 1.33 bits per heavy atom. The first kappa shape index (κ1) is 18.2. The summed E-state index contributed by atoms with van der Waals surface area (Å²) >= 11 is 5.06. The predicted molar refractivity (Wildman–Crippen MR) is 93.0 cm³/mol. The van der Waals surface area contributed by atoms with Crippen LogP contribution in [0.2, 0.25) is 0 Å². The van der Waals surface area contributed by atoms with E-state index in [4.69, 9.17) is 17.0 Å². The number of nitrogens with one attached hydrogen (secondary N) is 2. The van der Waals surface area contributed by atoms with Crippen molar-refractivity contribution in [3.63, 3.8) is 0 Å². The number of ether oxygens (including phenoxy) is 1. The molecule has 0 bridgehead atoms. The lowest BCUT2D eigenvalue weighted by molar-refractivity contribution is -0.385. The molecule has 1 aromatic rings. The third kappa shape index (κ3) is 5.52. The SMILES string of the molecule is O=C(NC(=S)NCCCN1CCOCC1)c1ccccc1[N+](=O)[O-]. The summed E-state index contributed by atoms with van der Waals surface area (Å²) in [7, 11) is 0. The number of nitrogens with zero attached hydrogens (tertiary/aromatic N) is 2. The summed E-state index contributed by atoms with van der Waals surface area (Å²) in [5, 5.41) is 16.5. The molecule has 0 spiro atoms. The molecule has 8 nitrogen and oxygen atoms in total. The van der Waals surface area contributed by atoms with Gasteiger partial charge in [-0.2, -0.15) is 0 Å². The zero-order valence-electron chi connectivity index (χ0n) is 13.2. The standard InChI is InChI=1S/C15H20N4O4S/c20-14(12-4-1-2-5-13(12)19(21)22)17-15(24)16-6-3-7-18-8-10-23-11-9-18/h1-2,4-5H,3,6-11H2,(H2,16,17,20,24). The summed E-state index contributed by atoms with van der Waals surface area (Å²) in [6.45, 7) is 4.93. The molecule has 0 radical (unpaired) electrons. The smallest absolute Gasteiger partial charge is 0.282 e. The number of para-hydroxylation sites is 1. The van der Waals surface area contributed by atoms with Gasteiger partial charge in [-0.05, 0) is 31.2 Å². The van der Waals surface area contributed by atoms with Gasteiger partial charge in [-0.25, -0.2) is 0 Å². The Labute approximate surface area is 145 Å². The normalized spacial score (nSPS) is 14.8. The molecule has 9 heteroatoms. The number of amides is 1. The molecule has 0 aliphatic carbocycles. The molecule has 1 aliphatic rings. The molecule has 0 aromatic heterocycles. The zero-order chi connectivity index (χ0) is 17.4. The van der Waals surface area contributed by atoms with E-state index in [2.05, 4.69) is 15.5 Å². The minimum atomic E-state index is -0.590. The van der Waals surface area contributed by atoms with Crippen molar-refractivity contribution in [1.82, 2.24) is 15.5 Å². The molecule has 1 saturated heterocycles. The summed E-state index contributed by atoms with van der Waals surface area (Å²) < 4.78 is 5.28. The summed E-state index contributed by atoms with van der Waals surface area (Å²) in [6, 6.07) is 5.76. The number of rotatable bonds is 6. The molecule has 0 unspecified atom stereocenters. The van der Waals surface area contributed by atoms with Crippen molar-refractivity contribution in [2.24, 2.45) is 0 Å². The van der Waals surface area contributed by atoms with Crippen LogP contribution in [0.3, 0.4) is 0 Å². The number of morpholine rings is 1. The lowest BCUT2D eigenvalue weighted by atomic mass is 10.1. The highest BCUT2D eigenvalue weighted by molar-refractivity contribution is 7.80. The van der Waals surface area contributed by atoms with Crippen LogP contribution in [0.25, 0.3) is 0 Å². The highest BCUT2D eigenvalue weighted by atomic mass is 32.1. The average Bonchev–Trinajstić information content (AvgIpc) is 2.59. The summed E-state index contributed by atoms with van der Waals surface area (Å²) in [4.78, 5) is 24.7. The Bertz CT molecular complexity index is 605. The van der Waals surface area contributed by atoms with Crippen LogP contribution in [0, 0.1) is 10.1 Å². The van der Waals surface area contributed by atoms with Crippen LogP contribution in [0.5, 0.6) is 0 Å². The quantitative estimate of drug-likeness (QED) is 0.340. The Kier molecular flexibility index (Phi) is 7.04. The molecular formula is C15H20N4O4S. The second-order valence-corrected chi connectivity index (χ2v) is 5.70. The second kappa shape index (κ2) is 9.26. The molecule has 1 heterocycles. The van der Waals surface area contributed by atoms with Gasteiger partial charge in [0.15, 0.2) is 5.11 Å². The maximum absolute atomic E-state index is 12.1. The largest absolute Gasteiger partial charge is 0.379 e. The van der Waals surface area contributed by atoms with E-state index in [0.717, 1.165) is 39.3 Å². The fraction of sp³-hybridized carbons (Fsp3) is 0.467. The van der Waals surface area contributed by atoms with Crippen LogP contribution in [0.15, 0.2) is 24.3 Å². The molecule has 0 atom stereocenters. The van der Waals surface area contributed by atoms with Gasteiger partial charge >= 0.3 is 0 Å². The fourth-order valence-electron chi connectivity index (χ4n) is 2.37. The van der Waals surface area contributed by atoms with Gasteiger partial charge in [0.1, 0.15) is 5.56 Å². The van der Waals surface area contributed by atoms with Crippen LogP contribution < -0.4 is 10.6 Å². The van der Waals surface area contributed by atoms with Crippen LogP contribution in [-0.2, 0) is 4.74 Å². The van der Waals surface area contributed by atoms with Gasteiger partial charge in [0.2, 0.25) is 0 Å². The lowest BCUT2D eigenvalue weighted by Gasteiger charge is -2.26. The molecule has 24 heavy (non-hydrogen) atoms. The first-order valence-corrected chi connectivity index (χ1v) is 8.11. The van der Waals surface area contributed by atoms with Crippen molar-refractivity contribution in [3.8, 4) is 0 Å². The predicted octanol–water partition coefficient (Wildman–Crippen LogP) is 0.921. The van der Waals surface area contributed by atoms with E-state index in [1.807, 2.05) is 0 Å². The van der Waals surface area contributed by atoms with Gasteiger partial charge in [0, 0.05) is 25.7 Å². The number of nitro benzene ring substituents is 1. The first-order chi connectivity index (χ1) is 11.6. The molecule has 1 fully saturated rings. The molecular weight excluding hydrogens is 332 g/mol. The van der Waals surface area contributed by atoms with Gasteiger partial charge in [-0.3, -0.25) is 25.1 Å². The molecule has 2 rings (SSSR count). The van der Waals surface area contributed by atoms with E-state index in [0.29, 0.717) is 6.54 Å². The Morgan fingerprint density at radius 3 is 2.75 bits per heavy atom. The Hall–Kier alpha value is -2.10. The van der Waals surface area contributed by atoms with Crippen molar-refractivity contribution in [2.75, 3.05) is 39.4 Å². The molecule has 1 amide bonds. The Morgan fingerprint density at radius 2 is 2.04 bits per heavy atom. The van der Waals surface area contributed by atoms with E-state index < -0.39 is 10.8 Å². The average molecular weight is 352 g/mol. The van der Waals surface area contributed by atoms with Crippen LogP contribution in [0.4, 0.5) is 5.69 Å². The minimum absolute atomic E-state index is 0.0139. The zero-order valence-corrected chi connectivity index (χ0v) is 14.0. The Balaban J connectivity index is 1.74. The molecule has 130 valence electrons. The summed E-state index contributed by atoms with van der Waals surface area (Å²) in [5.74, 6) is -0.590. The van der Waals surface area contributed by atoms with Gasteiger partial charge in [-0.1, -0.05) is 12.1 Å². The summed E-state index contributed by atoms with van der Waals surface area (Å²) in [6.07, 6.45) is 0.876. The third-order valence-electron chi connectivity index (χ3n) is 3.61. The number of benzene rings is 1. The molecule has 1 aliphatic heterocycles. The van der Waals surface area contributed by atoms with Gasteiger partial charge < -0.3 is 10.1 Å². The van der Waals surface area contributed by atoms with Crippen molar-refractivity contribution in [2.45, 2.75) is 6.42 Å². The van der Waals surface area contributed by atoms with Crippen LogP contribution in [0.1, 0.15) is 16.8 Å². The molecule has 1 aromatic carbocycles. The van der Waals surface area contributed by atoms with Gasteiger partial charge in [0.05, 0.1) is 18.1 Å². The number of nitro groups is 1. The van der Waals surface area contributed by atoms with E-state index in [9.17, 15) is 14.9 Å². The third-order valence-corrected chi connectivity index (χ3v) is 3.86. The number of thiocarbonyl (C=S) groups is 1. The highest BCUT2D eigenvalue weighted by Gasteiger charge is 2.19. The molecule has 0 saturated carbocycles. The number of carbonyl (C=O) groups excluding carboxylic acids is 1.